The highest BCUT2D eigenvalue weighted by Gasteiger charge is 2.55. The Morgan fingerprint density at radius 2 is 1.12 bits per heavy atom. The van der Waals surface area contributed by atoms with Crippen molar-refractivity contribution in [2.24, 2.45) is 17.8 Å². The summed E-state index contributed by atoms with van der Waals surface area (Å²) in [4.78, 5) is 0. The molecule has 3 aliphatic rings. The molecule has 0 spiro atoms. The van der Waals surface area contributed by atoms with Gasteiger partial charge in [-0.15, -0.1) is 0 Å². The number of aliphatic hydroxyl groups is 11. The Labute approximate surface area is 245 Å². The SMILES string of the molecule is CC(C)C.CC(C)C1C(O)C(OC2C(O)C(O)OC(CO)C2OC2OC(CO)C(O)C(O)C2O)OC1C(O)CO.CO. The molecule has 0 aromatic carbocycles. The van der Waals surface area contributed by atoms with Gasteiger partial charge in [0.15, 0.2) is 18.9 Å². The van der Waals surface area contributed by atoms with Crippen LogP contribution >= 0.6 is 0 Å². The highest BCUT2D eigenvalue weighted by atomic mass is 16.8. The average molecular weight is 621 g/mol. The predicted octanol–water partition coefficient (Wildman–Crippen LogP) is -4.39. The van der Waals surface area contributed by atoms with Crippen LogP contribution in [0.5, 0.6) is 0 Å². The lowest BCUT2D eigenvalue weighted by Gasteiger charge is -2.46. The van der Waals surface area contributed by atoms with E-state index < -0.39 is 112 Å². The predicted molar refractivity (Wildman–Crippen MR) is 142 cm³/mol. The first-order valence-electron chi connectivity index (χ1n) is 14.0. The number of rotatable bonds is 9. The molecule has 16 heteroatoms. The molecule has 0 saturated carbocycles. The number of aliphatic hydroxyl groups excluding tert-OH is 11. The normalized spacial score (nSPS) is 42.9. The Morgan fingerprint density at radius 1 is 0.619 bits per heavy atom. The van der Waals surface area contributed by atoms with Gasteiger partial charge in [-0.2, -0.15) is 0 Å². The first kappa shape index (κ1) is 39.4. The maximum atomic E-state index is 10.9. The summed E-state index contributed by atoms with van der Waals surface area (Å²) >= 11 is 0. The lowest BCUT2D eigenvalue weighted by atomic mass is 9.85. The van der Waals surface area contributed by atoms with Crippen LogP contribution in [0.1, 0.15) is 34.6 Å². The van der Waals surface area contributed by atoms with Gasteiger partial charge < -0.3 is 79.9 Å². The van der Waals surface area contributed by atoms with Gasteiger partial charge >= 0.3 is 0 Å². The van der Waals surface area contributed by atoms with Crippen LogP contribution in [0.3, 0.4) is 0 Å². The molecule has 0 bridgehead atoms. The van der Waals surface area contributed by atoms with Gasteiger partial charge in [-0.3, -0.25) is 0 Å². The summed E-state index contributed by atoms with van der Waals surface area (Å²) < 4.78 is 27.6. The average Bonchev–Trinajstić information content (AvgIpc) is 3.28. The lowest BCUT2D eigenvalue weighted by molar-refractivity contribution is -0.370. The summed E-state index contributed by atoms with van der Waals surface area (Å²) in [6, 6.07) is 0. The smallest absolute Gasteiger partial charge is 0.187 e. The van der Waals surface area contributed by atoms with E-state index in [1.807, 2.05) is 0 Å². The zero-order valence-corrected chi connectivity index (χ0v) is 24.9. The van der Waals surface area contributed by atoms with Crippen LogP contribution in [-0.2, 0) is 23.7 Å². The highest BCUT2D eigenvalue weighted by Crippen LogP contribution is 2.38. The van der Waals surface area contributed by atoms with Gasteiger partial charge in [-0.05, 0) is 11.8 Å². The largest absolute Gasteiger partial charge is 0.400 e. The quantitative estimate of drug-likeness (QED) is 0.116. The molecule has 11 N–H and O–H groups in total. The first-order valence-corrected chi connectivity index (χ1v) is 14.0. The molecule has 3 fully saturated rings. The molecular formula is C26H52O16. The second kappa shape index (κ2) is 18.4. The summed E-state index contributed by atoms with van der Waals surface area (Å²) in [5, 5.41) is 108. The van der Waals surface area contributed by atoms with Crippen molar-refractivity contribution >= 4 is 0 Å². The molecular weight excluding hydrogens is 568 g/mol. The van der Waals surface area contributed by atoms with E-state index in [0.29, 0.717) is 0 Å². The van der Waals surface area contributed by atoms with Crippen molar-refractivity contribution in [1.29, 1.82) is 0 Å². The highest BCUT2D eigenvalue weighted by molar-refractivity contribution is 4.97. The van der Waals surface area contributed by atoms with Crippen molar-refractivity contribution < 1.29 is 79.9 Å². The van der Waals surface area contributed by atoms with Crippen molar-refractivity contribution in [3.8, 4) is 0 Å². The summed E-state index contributed by atoms with van der Waals surface area (Å²) in [7, 11) is 1.00. The van der Waals surface area contributed by atoms with Crippen molar-refractivity contribution in [2.45, 2.75) is 121 Å². The molecule has 42 heavy (non-hydrogen) atoms. The van der Waals surface area contributed by atoms with Crippen LogP contribution in [0, 0.1) is 17.8 Å². The Kier molecular flexibility index (Phi) is 17.2. The van der Waals surface area contributed by atoms with E-state index >= 15 is 0 Å². The van der Waals surface area contributed by atoms with Gasteiger partial charge in [0.25, 0.3) is 0 Å². The summed E-state index contributed by atoms with van der Waals surface area (Å²) in [5.41, 5.74) is 0. The number of hydrogen-bond acceptors (Lipinski definition) is 16. The third kappa shape index (κ3) is 9.68. The van der Waals surface area contributed by atoms with Gasteiger partial charge in [-0.25, -0.2) is 0 Å². The molecule has 15 unspecified atom stereocenters. The Balaban J connectivity index is 0.00000135. The van der Waals surface area contributed by atoms with Gasteiger partial charge in [0.05, 0.1) is 25.9 Å². The molecule has 3 rings (SSSR count). The zero-order chi connectivity index (χ0) is 32.5. The van der Waals surface area contributed by atoms with Crippen molar-refractivity contribution in [3.63, 3.8) is 0 Å². The van der Waals surface area contributed by atoms with Crippen LogP contribution in [0.15, 0.2) is 0 Å². The molecule has 0 aromatic heterocycles. The van der Waals surface area contributed by atoms with E-state index in [2.05, 4.69) is 20.8 Å². The maximum absolute atomic E-state index is 10.9. The zero-order valence-electron chi connectivity index (χ0n) is 24.9. The Bertz CT molecular complexity index is 726. The maximum Gasteiger partial charge on any atom is 0.187 e. The molecule has 0 aromatic rings. The Hall–Kier alpha value is -0.640. The molecule has 252 valence electrons. The Morgan fingerprint density at radius 3 is 1.60 bits per heavy atom. The fourth-order valence-corrected chi connectivity index (χ4v) is 4.90. The third-order valence-electron chi connectivity index (χ3n) is 6.92. The van der Waals surface area contributed by atoms with Gasteiger partial charge in [0, 0.05) is 13.0 Å². The third-order valence-corrected chi connectivity index (χ3v) is 6.92. The van der Waals surface area contributed by atoms with Gasteiger partial charge in [-0.1, -0.05) is 34.6 Å². The van der Waals surface area contributed by atoms with E-state index in [1.54, 1.807) is 13.8 Å². The number of ether oxygens (including phenoxy) is 5. The lowest BCUT2D eigenvalue weighted by Crippen LogP contribution is -2.65. The minimum atomic E-state index is -1.86. The van der Waals surface area contributed by atoms with E-state index in [0.717, 1.165) is 13.0 Å². The van der Waals surface area contributed by atoms with Crippen molar-refractivity contribution in [3.05, 3.63) is 0 Å². The fourth-order valence-electron chi connectivity index (χ4n) is 4.90. The minimum Gasteiger partial charge on any atom is -0.400 e. The van der Waals surface area contributed by atoms with E-state index in [4.69, 9.17) is 28.8 Å². The van der Waals surface area contributed by atoms with Crippen LogP contribution in [0.2, 0.25) is 0 Å². The van der Waals surface area contributed by atoms with Crippen LogP contribution in [0.25, 0.3) is 0 Å². The summed E-state index contributed by atoms with van der Waals surface area (Å²) in [6.07, 6.45) is -21.6. The monoisotopic (exact) mass is 620 g/mol. The van der Waals surface area contributed by atoms with Crippen LogP contribution in [-0.4, -0.2) is 169 Å². The molecule has 0 aliphatic carbocycles. The number of hydrogen-bond donors (Lipinski definition) is 11. The second-order valence-corrected chi connectivity index (χ2v) is 11.4. The topological polar surface area (TPSA) is 269 Å². The molecule has 0 radical (unpaired) electrons. The standard InChI is InChI=1S/C21H38O15.C4H10.CH4O/c1-6(2)10-12(27)20(34-16(10)7(25)3-22)36-18-15(30)19(31)32-9(5-24)17(18)35-21-14(29)13(28)11(26)8(4-23)33-21;1-4(2)3;1-2/h6-31H,3-5H2,1-2H3;4H,1-3H3;2H,1H3. The van der Waals surface area contributed by atoms with Crippen molar-refractivity contribution in [2.75, 3.05) is 26.9 Å². The van der Waals surface area contributed by atoms with Crippen LogP contribution < -0.4 is 0 Å². The summed E-state index contributed by atoms with van der Waals surface area (Å²) in [5.74, 6) is -0.0751. The van der Waals surface area contributed by atoms with Gasteiger partial charge in [0.2, 0.25) is 0 Å². The van der Waals surface area contributed by atoms with E-state index in [-0.39, 0.29) is 5.92 Å². The molecule has 0 amide bonds. The first-order chi connectivity index (χ1) is 19.7. The van der Waals surface area contributed by atoms with E-state index in [9.17, 15) is 51.1 Å². The fraction of sp³-hybridized carbons (Fsp3) is 1.00. The van der Waals surface area contributed by atoms with E-state index in [1.165, 1.54) is 0 Å². The summed E-state index contributed by atoms with van der Waals surface area (Å²) in [6.45, 7) is 7.87. The van der Waals surface area contributed by atoms with Crippen molar-refractivity contribution in [1.82, 2.24) is 0 Å². The second-order valence-electron chi connectivity index (χ2n) is 11.4. The van der Waals surface area contributed by atoms with Gasteiger partial charge in [0.1, 0.15) is 61.0 Å². The molecule has 3 aliphatic heterocycles. The molecule has 3 saturated heterocycles. The molecule has 16 nitrogen and oxygen atoms in total. The molecule has 15 atom stereocenters. The van der Waals surface area contributed by atoms with Crippen LogP contribution in [0.4, 0.5) is 0 Å². The molecule has 3 heterocycles. The minimum absolute atomic E-state index is 0.226.